The van der Waals surface area contributed by atoms with Crippen molar-refractivity contribution in [3.63, 3.8) is 0 Å². The largest absolute Gasteiger partial charge is 0.383 e. The van der Waals surface area contributed by atoms with E-state index >= 15 is 0 Å². The van der Waals surface area contributed by atoms with E-state index in [0.717, 1.165) is 25.2 Å². The van der Waals surface area contributed by atoms with E-state index in [1.807, 2.05) is 42.5 Å². The van der Waals surface area contributed by atoms with Crippen molar-refractivity contribution in [1.29, 1.82) is 0 Å². The number of amides is 3. The van der Waals surface area contributed by atoms with E-state index in [1.54, 1.807) is 12.0 Å². The summed E-state index contributed by atoms with van der Waals surface area (Å²) in [5.74, 6) is -0.0777. The predicted molar refractivity (Wildman–Crippen MR) is 142 cm³/mol. The van der Waals surface area contributed by atoms with Crippen LogP contribution in [0.25, 0.3) is 16.8 Å². The molecule has 3 aromatic rings. The van der Waals surface area contributed by atoms with Crippen molar-refractivity contribution in [3.05, 3.63) is 90.0 Å². The summed E-state index contributed by atoms with van der Waals surface area (Å²) in [6.45, 7) is 3.47. The maximum Gasteiger partial charge on any atom is 0.328 e. The molecule has 0 aliphatic carbocycles. The third-order valence-electron chi connectivity index (χ3n) is 7.50. The second-order valence-corrected chi connectivity index (χ2v) is 9.60. The van der Waals surface area contributed by atoms with Crippen LogP contribution in [0.4, 0.5) is 4.79 Å². The standard InChI is InChI=1S/C30H33N3O3/c1-36-22-21-33-29(35)32(18-8-11-24-9-3-2-4-10-24)28(34)30(33)16-19-31(20-17-30)23-26-14-7-13-25-12-5-6-15-27(25)26/h2-15H,16-23H2,1H3/b11-8+. The molecule has 186 valence electrons. The van der Waals surface area contributed by atoms with Crippen molar-refractivity contribution in [2.75, 3.05) is 39.9 Å². The van der Waals surface area contributed by atoms with Crippen LogP contribution >= 0.6 is 0 Å². The molecule has 0 saturated carbocycles. The molecule has 0 N–H and O–H groups in total. The molecule has 0 atom stereocenters. The lowest BCUT2D eigenvalue weighted by molar-refractivity contribution is -0.135. The van der Waals surface area contributed by atoms with E-state index in [9.17, 15) is 9.59 Å². The molecule has 36 heavy (non-hydrogen) atoms. The zero-order valence-corrected chi connectivity index (χ0v) is 20.8. The van der Waals surface area contributed by atoms with Gasteiger partial charge in [-0.15, -0.1) is 0 Å². The lowest BCUT2D eigenvalue weighted by Gasteiger charge is -2.42. The molecular formula is C30H33N3O3. The Morgan fingerprint density at radius 1 is 0.917 bits per heavy atom. The van der Waals surface area contributed by atoms with E-state index in [1.165, 1.54) is 21.2 Å². The first-order valence-electron chi connectivity index (χ1n) is 12.7. The lowest BCUT2D eigenvalue weighted by Crippen LogP contribution is -2.57. The fraction of sp³-hybridized carbons (Fsp3) is 0.333. The van der Waals surface area contributed by atoms with Crippen molar-refractivity contribution in [1.82, 2.24) is 14.7 Å². The van der Waals surface area contributed by atoms with Crippen LogP contribution in [0.5, 0.6) is 0 Å². The number of carbonyl (C=O) groups excluding carboxylic acids is 2. The number of ether oxygens (including phenoxy) is 1. The maximum atomic E-state index is 13.7. The van der Waals surface area contributed by atoms with Gasteiger partial charge in [-0.2, -0.15) is 0 Å². The molecule has 2 aliphatic heterocycles. The molecule has 2 saturated heterocycles. The number of carbonyl (C=O) groups is 2. The molecule has 6 heteroatoms. The van der Waals surface area contributed by atoms with Crippen LogP contribution in [-0.2, 0) is 16.1 Å². The minimum atomic E-state index is -0.786. The van der Waals surface area contributed by atoms with Crippen molar-refractivity contribution in [2.45, 2.75) is 24.9 Å². The van der Waals surface area contributed by atoms with Crippen LogP contribution in [0.15, 0.2) is 78.9 Å². The zero-order valence-electron chi connectivity index (χ0n) is 20.8. The van der Waals surface area contributed by atoms with Gasteiger partial charge >= 0.3 is 6.03 Å². The second-order valence-electron chi connectivity index (χ2n) is 9.60. The normalized spacial score (nSPS) is 18.2. The lowest BCUT2D eigenvalue weighted by atomic mass is 9.85. The molecule has 0 aromatic heterocycles. The van der Waals surface area contributed by atoms with Gasteiger partial charge in [-0.05, 0) is 34.7 Å². The van der Waals surface area contributed by atoms with Gasteiger partial charge in [-0.25, -0.2) is 4.79 Å². The summed E-state index contributed by atoms with van der Waals surface area (Å²) >= 11 is 0. The number of fused-ring (bicyclic) bond motifs is 1. The van der Waals surface area contributed by atoms with Crippen LogP contribution in [0.1, 0.15) is 24.0 Å². The number of likely N-dealkylation sites (tertiary alicyclic amines) is 1. The molecule has 3 aromatic carbocycles. The maximum absolute atomic E-state index is 13.7. The van der Waals surface area contributed by atoms with E-state index in [-0.39, 0.29) is 18.5 Å². The molecule has 1 spiro atoms. The number of benzene rings is 3. The SMILES string of the molecule is COCCN1C(=O)N(C/C=C/c2ccccc2)C(=O)C12CCN(Cc1cccc3ccccc13)CC2. The number of imide groups is 1. The third kappa shape index (κ3) is 4.66. The first-order valence-corrected chi connectivity index (χ1v) is 12.7. The Balaban J connectivity index is 1.30. The Labute approximate surface area is 212 Å². The Morgan fingerprint density at radius 2 is 1.64 bits per heavy atom. The number of nitrogens with zero attached hydrogens (tertiary/aromatic N) is 3. The van der Waals surface area contributed by atoms with Gasteiger partial charge < -0.3 is 9.64 Å². The van der Waals surface area contributed by atoms with Gasteiger partial charge in [0.1, 0.15) is 5.54 Å². The van der Waals surface area contributed by atoms with Crippen LogP contribution in [0, 0.1) is 0 Å². The molecule has 3 amide bonds. The van der Waals surface area contributed by atoms with Crippen molar-refractivity contribution in [3.8, 4) is 0 Å². The van der Waals surface area contributed by atoms with Crippen LogP contribution in [-0.4, -0.2) is 72.1 Å². The quantitative estimate of drug-likeness (QED) is 0.432. The highest BCUT2D eigenvalue weighted by Gasteiger charge is 2.57. The van der Waals surface area contributed by atoms with Crippen LogP contribution < -0.4 is 0 Å². The summed E-state index contributed by atoms with van der Waals surface area (Å²) in [4.78, 5) is 32.7. The number of hydrogen-bond acceptors (Lipinski definition) is 4. The molecule has 2 fully saturated rings. The topological polar surface area (TPSA) is 53.1 Å². The summed E-state index contributed by atoms with van der Waals surface area (Å²) in [6, 6.07) is 24.6. The minimum Gasteiger partial charge on any atom is -0.383 e. The summed E-state index contributed by atoms with van der Waals surface area (Å²) in [5, 5.41) is 2.51. The summed E-state index contributed by atoms with van der Waals surface area (Å²) in [6.07, 6.45) is 5.11. The molecule has 6 nitrogen and oxygen atoms in total. The Kier molecular flexibility index (Phi) is 7.16. The van der Waals surface area contributed by atoms with E-state index in [4.69, 9.17) is 4.74 Å². The van der Waals surface area contributed by atoms with Gasteiger partial charge in [0, 0.05) is 39.8 Å². The summed E-state index contributed by atoms with van der Waals surface area (Å²) < 4.78 is 5.29. The highest BCUT2D eigenvalue weighted by atomic mass is 16.5. The molecular weight excluding hydrogens is 450 g/mol. The second kappa shape index (κ2) is 10.6. The van der Waals surface area contributed by atoms with Crippen LogP contribution in [0.2, 0.25) is 0 Å². The number of rotatable bonds is 8. The predicted octanol–water partition coefficient (Wildman–Crippen LogP) is 4.80. The van der Waals surface area contributed by atoms with Gasteiger partial charge in [-0.1, -0.05) is 84.9 Å². The van der Waals surface area contributed by atoms with Gasteiger partial charge in [0.25, 0.3) is 5.91 Å². The number of hydrogen-bond donors (Lipinski definition) is 0. The van der Waals surface area contributed by atoms with Crippen molar-refractivity contribution in [2.24, 2.45) is 0 Å². The van der Waals surface area contributed by atoms with Gasteiger partial charge in [0.05, 0.1) is 6.61 Å². The van der Waals surface area contributed by atoms with Gasteiger partial charge in [-0.3, -0.25) is 14.6 Å². The van der Waals surface area contributed by atoms with Gasteiger partial charge in [0.15, 0.2) is 0 Å². The Bertz CT molecular complexity index is 1240. The number of urea groups is 1. The third-order valence-corrected chi connectivity index (χ3v) is 7.50. The molecule has 0 bridgehead atoms. The number of piperidine rings is 1. The fourth-order valence-electron chi connectivity index (χ4n) is 5.53. The van der Waals surface area contributed by atoms with Crippen molar-refractivity contribution >= 4 is 28.8 Å². The van der Waals surface area contributed by atoms with Crippen molar-refractivity contribution < 1.29 is 14.3 Å². The highest BCUT2D eigenvalue weighted by Crippen LogP contribution is 2.37. The van der Waals surface area contributed by atoms with Gasteiger partial charge in [0.2, 0.25) is 0 Å². The molecule has 5 rings (SSSR count). The summed E-state index contributed by atoms with van der Waals surface area (Å²) in [7, 11) is 1.63. The smallest absolute Gasteiger partial charge is 0.328 e. The monoisotopic (exact) mass is 483 g/mol. The molecule has 2 aliphatic rings. The fourth-order valence-corrected chi connectivity index (χ4v) is 5.53. The van der Waals surface area contributed by atoms with Crippen LogP contribution in [0.3, 0.4) is 0 Å². The number of methoxy groups -OCH3 is 1. The van der Waals surface area contributed by atoms with E-state index in [2.05, 4.69) is 47.4 Å². The van der Waals surface area contributed by atoms with E-state index < -0.39 is 5.54 Å². The first-order chi connectivity index (χ1) is 17.6. The molecule has 0 radical (unpaired) electrons. The minimum absolute atomic E-state index is 0.0777. The zero-order chi connectivity index (χ0) is 25.0. The molecule has 2 heterocycles. The average Bonchev–Trinajstić information content (AvgIpc) is 3.10. The summed E-state index contributed by atoms with van der Waals surface area (Å²) in [5.41, 5.74) is 1.55. The van der Waals surface area contributed by atoms with E-state index in [0.29, 0.717) is 26.0 Å². The first kappa shape index (κ1) is 24.2. The Morgan fingerprint density at radius 3 is 2.42 bits per heavy atom. The Hall–Kier alpha value is -3.48. The average molecular weight is 484 g/mol. The molecule has 0 unspecified atom stereocenters. The highest BCUT2D eigenvalue weighted by molar-refractivity contribution is 6.07.